The number of benzene rings is 1. The molecule has 4 rings (SSSR count). The van der Waals surface area contributed by atoms with E-state index < -0.39 is 6.10 Å². The van der Waals surface area contributed by atoms with Gasteiger partial charge in [0, 0.05) is 21.8 Å². The van der Waals surface area contributed by atoms with Gasteiger partial charge in [0.05, 0.1) is 0 Å². The van der Waals surface area contributed by atoms with Crippen molar-refractivity contribution in [3.63, 3.8) is 0 Å². The third kappa shape index (κ3) is 3.43. The van der Waals surface area contributed by atoms with Gasteiger partial charge in [0.15, 0.2) is 0 Å². The number of aryl methyl sites for hydroxylation is 2. The normalized spacial score (nSPS) is 14.9. The Labute approximate surface area is 150 Å². The first-order chi connectivity index (χ1) is 12.2. The largest absolute Gasteiger partial charge is 0.386 e. The number of thiophene rings is 1. The predicted octanol–water partition coefficient (Wildman–Crippen LogP) is 3.64. The lowest BCUT2D eigenvalue weighted by molar-refractivity contribution is 0.0913. The van der Waals surface area contributed by atoms with Gasteiger partial charge in [0.1, 0.15) is 11.8 Å². The van der Waals surface area contributed by atoms with Crippen LogP contribution in [0, 0.1) is 0 Å². The number of carbonyl (C=O) groups is 1. The van der Waals surface area contributed by atoms with Crippen LogP contribution < -0.4 is 5.32 Å². The maximum absolute atomic E-state index is 12.4. The number of amides is 1. The van der Waals surface area contributed by atoms with Crippen LogP contribution in [0.2, 0.25) is 0 Å². The molecule has 3 aromatic rings. The zero-order valence-corrected chi connectivity index (χ0v) is 14.7. The van der Waals surface area contributed by atoms with E-state index >= 15 is 0 Å². The van der Waals surface area contributed by atoms with Crippen LogP contribution in [0.4, 0.5) is 0 Å². The topological polar surface area (TPSA) is 62.2 Å². The minimum absolute atomic E-state index is 0.185. The van der Waals surface area contributed by atoms with Crippen LogP contribution in [-0.4, -0.2) is 22.5 Å². The van der Waals surface area contributed by atoms with Crippen molar-refractivity contribution in [1.29, 1.82) is 0 Å². The Morgan fingerprint density at radius 2 is 2.04 bits per heavy atom. The summed E-state index contributed by atoms with van der Waals surface area (Å²) in [6.07, 6.45) is 3.62. The van der Waals surface area contributed by atoms with Crippen LogP contribution in [0.5, 0.6) is 0 Å². The summed E-state index contributed by atoms with van der Waals surface area (Å²) in [6, 6.07) is 13.8. The number of rotatable bonds is 4. The molecule has 2 aromatic heterocycles. The molecule has 25 heavy (non-hydrogen) atoms. The minimum Gasteiger partial charge on any atom is -0.386 e. The number of aromatic nitrogens is 1. The molecule has 0 saturated heterocycles. The van der Waals surface area contributed by atoms with E-state index in [4.69, 9.17) is 0 Å². The summed E-state index contributed by atoms with van der Waals surface area (Å²) >= 11 is 1.55. The third-order valence-corrected chi connectivity index (χ3v) is 5.86. The molecule has 0 fully saturated rings. The van der Waals surface area contributed by atoms with Gasteiger partial charge >= 0.3 is 0 Å². The Kier molecular flexibility index (Phi) is 4.51. The van der Waals surface area contributed by atoms with Crippen molar-refractivity contribution < 1.29 is 9.90 Å². The highest BCUT2D eigenvalue weighted by molar-refractivity contribution is 7.19. The number of nitrogens with zero attached hydrogens (tertiary/aromatic N) is 1. The van der Waals surface area contributed by atoms with E-state index in [1.54, 1.807) is 17.4 Å². The van der Waals surface area contributed by atoms with Crippen molar-refractivity contribution in [3.05, 3.63) is 64.3 Å². The Balaban J connectivity index is 1.42. The summed E-state index contributed by atoms with van der Waals surface area (Å²) in [7, 11) is 0. The van der Waals surface area contributed by atoms with Gasteiger partial charge in [-0.15, -0.1) is 11.3 Å². The highest BCUT2D eigenvalue weighted by Crippen LogP contribution is 2.29. The number of aliphatic hydroxyl groups is 1. The van der Waals surface area contributed by atoms with Crippen LogP contribution in [-0.2, 0) is 12.8 Å². The molecule has 1 aliphatic rings. The van der Waals surface area contributed by atoms with Gasteiger partial charge in [-0.2, -0.15) is 0 Å². The fraction of sp³-hybridized carbons (Fsp3) is 0.300. The van der Waals surface area contributed by atoms with Crippen LogP contribution in [0.25, 0.3) is 10.1 Å². The molecule has 1 atom stereocenters. The number of hydrogen-bond donors (Lipinski definition) is 2. The second-order valence-electron chi connectivity index (χ2n) is 6.42. The van der Waals surface area contributed by atoms with Crippen molar-refractivity contribution in [1.82, 2.24) is 10.3 Å². The smallest absolute Gasteiger partial charge is 0.269 e. The Morgan fingerprint density at radius 1 is 1.20 bits per heavy atom. The van der Waals surface area contributed by atoms with E-state index in [9.17, 15) is 9.90 Å². The van der Waals surface area contributed by atoms with Crippen molar-refractivity contribution in [2.75, 3.05) is 6.54 Å². The van der Waals surface area contributed by atoms with Crippen molar-refractivity contribution in [2.45, 2.75) is 31.8 Å². The lowest BCUT2D eigenvalue weighted by Crippen LogP contribution is -2.29. The summed E-state index contributed by atoms with van der Waals surface area (Å²) in [5.41, 5.74) is 2.74. The molecule has 5 heteroatoms. The Hall–Kier alpha value is -2.24. The maximum atomic E-state index is 12.4. The van der Waals surface area contributed by atoms with Crippen LogP contribution in [0.3, 0.4) is 0 Å². The molecule has 0 saturated carbocycles. The van der Waals surface area contributed by atoms with E-state index in [0.717, 1.165) is 39.9 Å². The zero-order valence-electron chi connectivity index (χ0n) is 13.9. The fourth-order valence-electron chi connectivity index (χ4n) is 3.26. The van der Waals surface area contributed by atoms with Crippen molar-refractivity contribution in [2.24, 2.45) is 0 Å². The Bertz CT molecular complexity index is 886. The summed E-state index contributed by atoms with van der Waals surface area (Å²) in [6.45, 7) is 0.185. The van der Waals surface area contributed by atoms with Crippen LogP contribution >= 0.6 is 11.3 Å². The molecular weight excluding hydrogens is 332 g/mol. The number of nitrogens with one attached hydrogen (secondary N) is 1. The number of fused-ring (bicyclic) bond motifs is 2. The molecule has 2 N–H and O–H groups in total. The summed E-state index contributed by atoms with van der Waals surface area (Å²) in [5, 5.41) is 14.3. The first-order valence-corrected chi connectivity index (χ1v) is 9.46. The molecule has 1 aromatic carbocycles. The van der Waals surface area contributed by atoms with E-state index in [1.165, 1.54) is 12.0 Å². The van der Waals surface area contributed by atoms with Crippen LogP contribution in [0.15, 0.2) is 42.5 Å². The molecule has 1 aliphatic carbocycles. The van der Waals surface area contributed by atoms with Gasteiger partial charge in [0.25, 0.3) is 5.91 Å². The van der Waals surface area contributed by atoms with Gasteiger partial charge in [-0.25, -0.2) is 4.98 Å². The monoisotopic (exact) mass is 352 g/mol. The number of hydrogen-bond acceptors (Lipinski definition) is 4. The van der Waals surface area contributed by atoms with Gasteiger partial charge < -0.3 is 10.4 Å². The molecule has 0 aliphatic heterocycles. The van der Waals surface area contributed by atoms with E-state index in [2.05, 4.69) is 10.3 Å². The average Bonchev–Trinajstić information content (AvgIpc) is 3.09. The number of pyridine rings is 1. The highest BCUT2D eigenvalue weighted by Gasteiger charge is 2.16. The standard InChI is InChI=1S/C20H20N2O2S/c23-17(19-11-14-6-2-4-8-18(14)25-19)12-21-20(24)16-10-9-13-5-1-3-7-15(13)22-16/h2,4,6,8-11,17,23H,1,3,5,7,12H2,(H,21,24)/t17-/m0/s1. The SMILES string of the molecule is O=C(NC[C@H](O)c1cc2ccccc2s1)c1ccc2c(n1)CCCC2. The second-order valence-corrected chi connectivity index (χ2v) is 7.54. The van der Waals surface area contributed by atoms with Crippen LogP contribution in [0.1, 0.15) is 45.6 Å². The second kappa shape index (κ2) is 6.94. The Morgan fingerprint density at radius 3 is 2.92 bits per heavy atom. The third-order valence-electron chi connectivity index (χ3n) is 4.64. The van der Waals surface area contributed by atoms with Gasteiger partial charge in [-0.05, 0) is 54.8 Å². The van der Waals surface area contributed by atoms with Gasteiger partial charge in [0.2, 0.25) is 0 Å². The molecule has 4 nitrogen and oxygen atoms in total. The molecule has 0 bridgehead atoms. The van der Waals surface area contributed by atoms with Crippen molar-refractivity contribution >= 4 is 27.3 Å². The number of carbonyl (C=O) groups excluding carboxylic acids is 1. The van der Waals surface area contributed by atoms with E-state index in [0.29, 0.717) is 5.69 Å². The quantitative estimate of drug-likeness (QED) is 0.753. The zero-order chi connectivity index (χ0) is 17.2. The lowest BCUT2D eigenvalue weighted by atomic mass is 9.96. The first kappa shape index (κ1) is 16.2. The molecule has 128 valence electrons. The number of aliphatic hydroxyl groups excluding tert-OH is 1. The van der Waals surface area contributed by atoms with Gasteiger partial charge in [-0.3, -0.25) is 4.79 Å². The molecule has 1 amide bonds. The highest BCUT2D eigenvalue weighted by atomic mass is 32.1. The summed E-state index contributed by atoms with van der Waals surface area (Å²) in [4.78, 5) is 17.7. The molecule has 0 spiro atoms. The predicted molar refractivity (Wildman–Crippen MR) is 100.0 cm³/mol. The summed E-state index contributed by atoms with van der Waals surface area (Å²) in [5.74, 6) is -0.228. The first-order valence-electron chi connectivity index (χ1n) is 8.64. The molecule has 0 radical (unpaired) electrons. The van der Waals surface area contributed by atoms with E-state index in [-0.39, 0.29) is 12.5 Å². The van der Waals surface area contributed by atoms with E-state index in [1.807, 2.05) is 36.4 Å². The lowest BCUT2D eigenvalue weighted by Gasteiger charge is -2.15. The maximum Gasteiger partial charge on any atom is 0.269 e. The molecule has 2 heterocycles. The minimum atomic E-state index is -0.709. The molecular formula is C20H20N2O2S. The molecule has 0 unspecified atom stereocenters. The average molecular weight is 352 g/mol. The van der Waals surface area contributed by atoms with Crippen molar-refractivity contribution in [3.8, 4) is 0 Å². The van der Waals surface area contributed by atoms with Gasteiger partial charge in [-0.1, -0.05) is 24.3 Å². The fourth-order valence-corrected chi connectivity index (χ4v) is 4.31. The summed E-state index contributed by atoms with van der Waals surface area (Å²) < 4.78 is 1.14.